The van der Waals surface area contributed by atoms with Crippen molar-refractivity contribution in [2.24, 2.45) is 10.2 Å². The molecule has 0 heterocycles. The minimum atomic E-state index is 0.747. The number of hydrogen-bond donors (Lipinski definition) is 0. The van der Waals surface area contributed by atoms with Crippen LogP contribution in [-0.2, 0) is 17.9 Å². The molecular formula is C13H11N2Ru. The van der Waals surface area contributed by atoms with Crippen molar-refractivity contribution in [1.29, 1.82) is 0 Å². The van der Waals surface area contributed by atoms with Gasteiger partial charge in [-0.1, -0.05) is 18.2 Å². The third-order valence-corrected chi connectivity index (χ3v) is 1.72. The molecule has 2 rings (SSSR count). The largest absolute Gasteiger partial charge is 0.178 e. The molecule has 2 aromatic rings. The molecule has 3 heteroatoms. The second-order valence-electron chi connectivity index (χ2n) is 2.78. The Bertz CT molecular complexity index is 385. The third-order valence-electron chi connectivity index (χ3n) is 1.72. The first kappa shape index (κ1) is 12.6. The number of rotatable bonds is 2. The van der Waals surface area contributed by atoms with E-state index in [1.54, 1.807) is 0 Å². The van der Waals surface area contributed by atoms with Crippen molar-refractivity contribution in [3.05, 3.63) is 60.7 Å². The van der Waals surface area contributed by atoms with E-state index in [1.165, 1.54) is 0 Å². The molecule has 0 amide bonds. The van der Waals surface area contributed by atoms with Crippen LogP contribution in [0.1, 0.15) is 0 Å². The summed E-state index contributed by atoms with van der Waals surface area (Å²) in [5.41, 5.74) is 1.60. The fraction of sp³-hybridized carbons (Fsp3) is 0. The van der Waals surface area contributed by atoms with E-state index >= 15 is 0 Å². The van der Waals surface area contributed by atoms with E-state index in [0.717, 1.165) is 11.4 Å². The van der Waals surface area contributed by atoms with Crippen LogP contribution < -0.4 is 0 Å². The van der Waals surface area contributed by atoms with Crippen molar-refractivity contribution < 1.29 is 17.9 Å². The topological polar surface area (TPSA) is 24.7 Å². The standard InChI is InChI=1S/C12H9N2.CH2.Ru/c1-3-7-11(8-4-1)13-14-12-9-5-2-6-10-12;;/h1-9H;1H2;/q-1;;+1. The summed E-state index contributed by atoms with van der Waals surface area (Å²) in [6.07, 6.45) is 0. The molecular weight excluding hydrogens is 285 g/mol. The third kappa shape index (κ3) is 4.37. The van der Waals surface area contributed by atoms with Gasteiger partial charge in [-0.05, 0) is 17.8 Å². The van der Waals surface area contributed by atoms with E-state index in [-0.39, 0.29) is 0 Å². The average molecular weight is 296 g/mol. The van der Waals surface area contributed by atoms with Gasteiger partial charge in [-0.3, -0.25) is 0 Å². The van der Waals surface area contributed by atoms with Crippen LogP contribution in [0.2, 0.25) is 0 Å². The molecule has 81 valence electrons. The molecule has 0 fully saturated rings. The SMILES string of the molecule is [CH2]=[Ru+].[c-]1ccccc1N=Nc1ccccc1. The Hall–Kier alpha value is -1.47. The zero-order valence-corrected chi connectivity index (χ0v) is 10.4. The van der Waals surface area contributed by atoms with Crippen molar-refractivity contribution in [2.45, 2.75) is 0 Å². The maximum absolute atomic E-state index is 4.07. The predicted molar refractivity (Wildman–Crippen MR) is 63.0 cm³/mol. The Labute approximate surface area is 105 Å². The summed E-state index contributed by atoms with van der Waals surface area (Å²) in [4.78, 5) is 0. The molecule has 0 aliphatic rings. The molecule has 0 aliphatic carbocycles. The van der Waals surface area contributed by atoms with Crippen LogP contribution in [0.4, 0.5) is 11.4 Å². The first-order valence-electron chi connectivity index (χ1n) is 4.64. The van der Waals surface area contributed by atoms with Gasteiger partial charge < -0.3 is 0 Å². The van der Waals surface area contributed by atoms with Gasteiger partial charge in [0, 0.05) is 0 Å². The van der Waals surface area contributed by atoms with Crippen LogP contribution in [-0.4, -0.2) is 5.11 Å². The Kier molecular flexibility index (Phi) is 6.13. The zero-order valence-electron chi connectivity index (χ0n) is 8.65. The molecule has 0 saturated carbocycles. The molecule has 0 spiro atoms. The van der Waals surface area contributed by atoms with E-state index in [1.807, 2.05) is 54.6 Å². The molecule has 0 saturated heterocycles. The second-order valence-corrected chi connectivity index (χ2v) is 2.78. The number of benzene rings is 2. The molecule has 0 aromatic heterocycles. The summed E-state index contributed by atoms with van der Waals surface area (Å²) < 4.78 is 0. The smallest absolute Gasteiger partial charge is 0.0856 e. The molecule has 0 atom stereocenters. The maximum Gasteiger partial charge on any atom is 0.0856 e. The quantitative estimate of drug-likeness (QED) is 0.456. The predicted octanol–water partition coefficient (Wildman–Crippen LogP) is 3.87. The van der Waals surface area contributed by atoms with Crippen molar-refractivity contribution in [3.63, 3.8) is 0 Å². The van der Waals surface area contributed by atoms with Gasteiger partial charge in [-0.15, -0.1) is 6.07 Å². The number of hydrogen-bond acceptors (Lipinski definition) is 2. The van der Waals surface area contributed by atoms with Crippen LogP contribution in [0.5, 0.6) is 0 Å². The molecule has 2 nitrogen and oxygen atoms in total. The van der Waals surface area contributed by atoms with Gasteiger partial charge in [-0.2, -0.15) is 34.5 Å². The summed E-state index contributed by atoms with van der Waals surface area (Å²) in [5, 5.41) is 11.3. The Morgan fingerprint density at radius 2 is 1.56 bits per heavy atom. The molecule has 0 N–H and O–H groups in total. The van der Waals surface area contributed by atoms with Crippen molar-refractivity contribution in [2.75, 3.05) is 0 Å². The number of azo groups is 1. The summed E-state index contributed by atoms with van der Waals surface area (Å²) in [7, 11) is 0. The van der Waals surface area contributed by atoms with E-state index in [4.69, 9.17) is 0 Å². The van der Waals surface area contributed by atoms with Gasteiger partial charge in [0.25, 0.3) is 0 Å². The second kappa shape index (κ2) is 7.78. The van der Waals surface area contributed by atoms with Crippen molar-refractivity contribution in [1.82, 2.24) is 0 Å². The van der Waals surface area contributed by atoms with Gasteiger partial charge in [0.05, 0.1) is 5.69 Å². The van der Waals surface area contributed by atoms with Gasteiger partial charge in [0.2, 0.25) is 0 Å². The Balaban J connectivity index is 0.000000606. The Morgan fingerprint density at radius 3 is 2.19 bits per heavy atom. The van der Waals surface area contributed by atoms with Gasteiger partial charge >= 0.3 is 23.0 Å². The monoisotopic (exact) mass is 297 g/mol. The summed E-state index contributed by atoms with van der Waals surface area (Å²) in [6.45, 7) is 0. The fourth-order valence-corrected chi connectivity index (χ4v) is 1.05. The minimum absolute atomic E-state index is 0.747. The summed E-state index contributed by atoms with van der Waals surface area (Å²) in [5.74, 6) is 0. The molecule has 0 unspecified atom stereocenters. The van der Waals surface area contributed by atoms with Crippen LogP contribution >= 0.6 is 0 Å². The minimum Gasteiger partial charge on any atom is -0.178 e. The first-order valence-corrected chi connectivity index (χ1v) is 5.86. The zero-order chi connectivity index (χ0) is 11.6. The van der Waals surface area contributed by atoms with Gasteiger partial charge in [-0.25, -0.2) is 0 Å². The van der Waals surface area contributed by atoms with Crippen LogP contribution in [0.15, 0.2) is 64.8 Å². The first-order chi connectivity index (χ1) is 7.95. The normalized spacial score (nSPS) is 9.50. The summed E-state index contributed by atoms with van der Waals surface area (Å²) in [6, 6.07) is 20.1. The van der Waals surface area contributed by atoms with Crippen LogP contribution in [0.3, 0.4) is 0 Å². The van der Waals surface area contributed by atoms with Crippen LogP contribution in [0.25, 0.3) is 0 Å². The Morgan fingerprint density at radius 1 is 0.875 bits per heavy atom. The molecule has 0 aliphatic heterocycles. The average Bonchev–Trinajstić information content (AvgIpc) is 2.41. The van der Waals surface area contributed by atoms with E-state index in [2.05, 4.69) is 39.3 Å². The van der Waals surface area contributed by atoms with Crippen LogP contribution in [0, 0.1) is 6.07 Å². The maximum atomic E-state index is 4.07. The van der Waals surface area contributed by atoms with Crippen molar-refractivity contribution >= 4 is 16.5 Å². The number of nitrogens with zero attached hydrogens (tertiary/aromatic N) is 2. The molecule has 2 aromatic carbocycles. The van der Waals surface area contributed by atoms with E-state index < -0.39 is 0 Å². The van der Waals surface area contributed by atoms with E-state index in [0.29, 0.717) is 0 Å². The van der Waals surface area contributed by atoms with Crippen molar-refractivity contribution in [3.8, 4) is 0 Å². The van der Waals surface area contributed by atoms with Gasteiger partial charge in [0.15, 0.2) is 0 Å². The molecule has 0 radical (unpaired) electrons. The molecule has 0 bridgehead atoms. The van der Waals surface area contributed by atoms with Gasteiger partial charge in [0.1, 0.15) is 0 Å². The van der Waals surface area contributed by atoms with E-state index in [9.17, 15) is 0 Å². The molecule has 16 heavy (non-hydrogen) atoms. The fourth-order valence-electron chi connectivity index (χ4n) is 1.05. The summed E-state index contributed by atoms with van der Waals surface area (Å²) >= 11 is 2.10.